The molecule has 108 valence electrons. The Labute approximate surface area is 117 Å². The van der Waals surface area contributed by atoms with Crippen molar-refractivity contribution in [2.75, 3.05) is 19.7 Å². The number of ether oxygens (including phenoxy) is 1. The summed E-state index contributed by atoms with van der Waals surface area (Å²) >= 11 is 0. The number of carbonyl (C=O) groups excluding carboxylic acids is 1. The Morgan fingerprint density at radius 3 is 2.75 bits per heavy atom. The zero-order valence-electron chi connectivity index (χ0n) is 11.5. The Hall–Kier alpha value is -2.24. The Kier molecular flexibility index (Phi) is 6.95. The molecule has 20 heavy (non-hydrogen) atoms. The number of carbonyl (C=O) groups is 1. The molecular formula is C13H19N5O2. The summed E-state index contributed by atoms with van der Waals surface area (Å²) in [6, 6.07) is 6.66. The first-order chi connectivity index (χ1) is 9.69. The number of rotatable bonds is 9. The fraction of sp³-hybridized carbons (Fsp3) is 0.462. The average Bonchev–Trinajstić information content (AvgIpc) is 2.44. The SMILES string of the molecule is CCOc1ccc(C(NCCCN=[N+]=[N-])C(N)=O)cc1. The van der Waals surface area contributed by atoms with Crippen LogP contribution < -0.4 is 15.8 Å². The predicted octanol–water partition coefficient (Wildman–Crippen LogP) is 1.90. The lowest BCUT2D eigenvalue weighted by Crippen LogP contribution is -2.34. The molecule has 0 radical (unpaired) electrons. The lowest BCUT2D eigenvalue weighted by atomic mass is 10.1. The minimum Gasteiger partial charge on any atom is -0.494 e. The smallest absolute Gasteiger partial charge is 0.239 e. The Bertz CT molecular complexity index is 468. The van der Waals surface area contributed by atoms with Crippen LogP contribution in [0.3, 0.4) is 0 Å². The van der Waals surface area contributed by atoms with Gasteiger partial charge in [-0.2, -0.15) is 0 Å². The molecule has 0 aliphatic heterocycles. The van der Waals surface area contributed by atoms with Crippen LogP contribution in [-0.4, -0.2) is 25.6 Å². The normalized spacial score (nSPS) is 11.4. The molecule has 3 N–H and O–H groups in total. The molecule has 0 bridgehead atoms. The second-order valence-electron chi connectivity index (χ2n) is 4.10. The second-order valence-corrected chi connectivity index (χ2v) is 4.10. The number of azide groups is 1. The van der Waals surface area contributed by atoms with Gasteiger partial charge in [0, 0.05) is 11.5 Å². The zero-order chi connectivity index (χ0) is 14.8. The topological polar surface area (TPSA) is 113 Å². The van der Waals surface area contributed by atoms with Gasteiger partial charge in [0.05, 0.1) is 6.61 Å². The second kappa shape index (κ2) is 8.79. The molecule has 0 aromatic heterocycles. The first-order valence-corrected chi connectivity index (χ1v) is 6.45. The van der Waals surface area contributed by atoms with E-state index in [1.54, 1.807) is 24.3 Å². The van der Waals surface area contributed by atoms with Crippen molar-refractivity contribution in [3.05, 3.63) is 40.3 Å². The highest BCUT2D eigenvalue weighted by Crippen LogP contribution is 2.17. The summed E-state index contributed by atoms with van der Waals surface area (Å²) in [5, 5.41) is 6.47. The summed E-state index contributed by atoms with van der Waals surface area (Å²) in [6.45, 7) is 3.43. The summed E-state index contributed by atoms with van der Waals surface area (Å²) in [5.74, 6) is 0.306. The average molecular weight is 277 g/mol. The largest absolute Gasteiger partial charge is 0.494 e. The molecule has 7 heteroatoms. The first kappa shape index (κ1) is 15.8. The van der Waals surface area contributed by atoms with E-state index in [1.165, 1.54) is 0 Å². The molecule has 7 nitrogen and oxygen atoms in total. The summed E-state index contributed by atoms with van der Waals surface area (Å²) in [4.78, 5) is 14.1. The third-order valence-electron chi connectivity index (χ3n) is 2.66. The van der Waals surface area contributed by atoms with E-state index in [9.17, 15) is 4.79 Å². The molecule has 0 aliphatic carbocycles. The molecule has 0 saturated carbocycles. The third kappa shape index (κ3) is 5.17. The van der Waals surface area contributed by atoms with Crippen molar-refractivity contribution in [1.29, 1.82) is 0 Å². The molecule has 0 heterocycles. The Morgan fingerprint density at radius 1 is 1.50 bits per heavy atom. The molecule has 1 rings (SSSR count). The van der Waals surface area contributed by atoms with E-state index >= 15 is 0 Å². The van der Waals surface area contributed by atoms with Crippen LogP contribution >= 0.6 is 0 Å². The number of hydrogen-bond acceptors (Lipinski definition) is 4. The quantitative estimate of drug-likeness (QED) is 0.311. The van der Waals surface area contributed by atoms with Crippen LogP contribution in [0.1, 0.15) is 24.9 Å². The minimum absolute atomic E-state index is 0.387. The fourth-order valence-electron chi connectivity index (χ4n) is 1.75. The van der Waals surface area contributed by atoms with Crippen molar-refractivity contribution < 1.29 is 9.53 Å². The van der Waals surface area contributed by atoms with Crippen LogP contribution in [0.15, 0.2) is 29.4 Å². The van der Waals surface area contributed by atoms with Crippen LogP contribution in [0.5, 0.6) is 5.75 Å². The number of nitrogens with two attached hydrogens (primary N) is 1. The molecule has 0 fully saturated rings. The Balaban J connectivity index is 2.60. The maximum absolute atomic E-state index is 11.5. The molecule has 1 aromatic carbocycles. The lowest BCUT2D eigenvalue weighted by molar-refractivity contribution is -0.120. The van der Waals surface area contributed by atoms with E-state index < -0.39 is 11.9 Å². The number of benzene rings is 1. The highest BCUT2D eigenvalue weighted by molar-refractivity contribution is 5.81. The number of hydrogen-bond donors (Lipinski definition) is 2. The van der Waals surface area contributed by atoms with E-state index in [1.807, 2.05) is 6.92 Å². The van der Waals surface area contributed by atoms with Crippen LogP contribution in [0.25, 0.3) is 10.4 Å². The van der Waals surface area contributed by atoms with Crippen LogP contribution in [0.4, 0.5) is 0 Å². The molecule has 1 aromatic rings. The molecule has 1 amide bonds. The maximum atomic E-state index is 11.5. The first-order valence-electron chi connectivity index (χ1n) is 6.45. The number of primary amides is 1. The van der Waals surface area contributed by atoms with Crippen molar-refractivity contribution in [2.45, 2.75) is 19.4 Å². The van der Waals surface area contributed by atoms with Gasteiger partial charge < -0.3 is 15.8 Å². The van der Waals surface area contributed by atoms with Gasteiger partial charge in [-0.25, -0.2) is 0 Å². The van der Waals surface area contributed by atoms with Gasteiger partial charge in [0.1, 0.15) is 11.8 Å². The lowest BCUT2D eigenvalue weighted by Gasteiger charge is -2.16. The van der Waals surface area contributed by atoms with Crippen molar-refractivity contribution in [3.8, 4) is 5.75 Å². The van der Waals surface area contributed by atoms with Gasteiger partial charge in [0.2, 0.25) is 5.91 Å². The van der Waals surface area contributed by atoms with Gasteiger partial charge in [-0.3, -0.25) is 4.79 Å². The predicted molar refractivity (Wildman–Crippen MR) is 76.2 cm³/mol. The third-order valence-corrected chi connectivity index (χ3v) is 2.66. The maximum Gasteiger partial charge on any atom is 0.239 e. The highest BCUT2D eigenvalue weighted by atomic mass is 16.5. The van der Waals surface area contributed by atoms with Crippen LogP contribution in [0, 0.1) is 0 Å². The Morgan fingerprint density at radius 2 is 2.20 bits per heavy atom. The van der Waals surface area contributed by atoms with E-state index in [-0.39, 0.29) is 0 Å². The van der Waals surface area contributed by atoms with Crippen molar-refractivity contribution in [2.24, 2.45) is 10.8 Å². The zero-order valence-corrected chi connectivity index (χ0v) is 11.5. The summed E-state index contributed by atoms with van der Waals surface area (Å²) in [6.07, 6.45) is 0.644. The van der Waals surface area contributed by atoms with Gasteiger partial charge in [-0.05, 0) is 43.1 Å². The summed E-state index contributed by atoms with van der Waals surface area (Å²) in [5.41, 5.74) is 14.3. The van der Waals surface area contributed by atoms with Gasteiger partial charge in [0.25, 0.3) is 0 Å². The highest BCUT2D eigenvalue weighted by Gasteiger charge is 2.16. The van der Waals surface area contributed by atoms with Gasteiger partial charge in [-0.1, -0.05) is 17.2 Å². The fourth-order valence-corrected chi connectivity index (χ4v) is 1.75. The van der Waals surface area contributed by atoms with Crippen LogP contribution in [0.2, 0.25) is 0 Å². The van der Waals surface area contributed by atoms with Crippen LogP contribution in [-0.2, 0) is 4.79 Å². The van der Waals surface area contributed by atoms with E-state index in [4.69, 9.17) is 16.0 Å². The number of nitrogens with zero attached hydrogens (tertiary/aromatic N) is 3. The molecule has 1 unspecified atom stereocenters. The van der Waals surface area contributed by atoms with Crippen molar-refractivity contribution >= 4 is 5.91 Å². The monoisotopic (exact) mass is 277 g/mol. The standard InChI is InChI=1S/C13H19N5O2/c1-2-20-11-6-4-10(5-7-11)12(13(14)19)16-8-3-9-17-18-15/h4-7,12,16H,2-3,8-9H2,1H3,(H2,14,19). The minimum atomic E-state index is -0.559. The van der Waals surface area contributed by atoms with Gasteiger partial charge >= 0.3 is 0 Å². The number of nitrogens with one attached hydrogen (secondary N) is 1. The van der Waals surface area contributed by atoms with E-state index in [0.29, 0.717) is 26.1 Å². The molecule has 0 saturated heterocycles. The summed E-state index contributed by atoms with van der Waals surface area (Å²) in [7, 11) is 0. The number of amides is 1. The van der Waals surface area contributed by atoms with E-state index in [2.05, 4.69) is 15.3 Å². The van der Waals surface area contributed by atoms with Gasteiger partial charge in [0.15, 0.2) is 0 Å². The van der Waals surface area contributed by atoms with E-state index in [0.717, 1.165) is 11.3 Å². The van der Waals surface area contributed by atoms with Crippen molar-refractivity contribution in [1.82, 2.24) is 5.32 Å². The molecule has 0 spiro atoms. The summed E-state index contributed by atoms with van der Waals surface area (Å²) < 4.78 is 5.34. The molecular weight excluding hydrogens is 258 g/mol. The van der Waals surface area contributed by atoms with Crippen molar-refractivity contribution in [3.63, 3.8) is 0 Å². The van der Waals surface area contributed by atoms with Gasteiger partial charge in [-0.15, -0.1) is 0 Å². The molecule has 0 aliphatic rings. The molecule has 1 atom stereocenters.